The summed E-state index contributed by atoms with van der Waals surface area (Å²) in [5.74, 6) is 0.811. The van der Waals surface area contributed by atoms with Crippen molar-refractivity contribution in [3.8, 4) is 29.0 Å². The van der Waals surface area contributed by atoms with E-state index in [9.17, 15) is 0 Å². The minimum atomic E-state index is 0.321. The molecule has 3 heterocycles. The Hall–Kier alpha value is -3.07. The molecule has 6 nitrogen and oxygen atoms in total. The van der Waals surface area contributed by atoms with Gasteiger partial charge in [0.2, 0.25) is 5.82 Å². The van der Waals surface area contributed by atoms with E-state index in [2.05, 4.69) is 20.1 Å². The van der Waals surface area contributed by atoms with Gasteiger partial charge >= 0.3 is 0 Å². The molecule has 102 valence electrons. The Kier molecular flexibility index (Phi) is 3.16. The summed E-state index contributed by atoms with van der Waals surface area (Å²) in [7, 11) is 0. The Labute approximate surface area is 121 Å². The smallest absolute Gasteiger partial charge is 0.276 e. The second kappa shape index (κ2) is 5.13. The van der Waals surface area contributed by atoms with Crippen molar-refractivity contribution in [2.45, 2.75) is 13.8 Å². The van der Waals surface area contributed by atoms with E-state index in [0.29, 0.717) is 23.0 Å². The molecule has 3 rings (SSSR count). The first-order valence-electron chi connectivity index (χ1n) is 6.31. The van der Waals surface area contributed by atoms with Gasteiger partial charge in [-0.1, -0.05) is 5.16 Å². The number of nitrogens with zero attached hydrogens (tertiary/aromatic N) is 5. The number of nitriles is 1. The van der Waals surface area contributed by atoms with Crippen LogP contribution >= 0.6 is 0 Å². The molecular weight excluding hydrogens is 266 g/mol. The highest BCUT2D eigenvalue weighted by Gasteiger charge is 2.12. The average Bonchev–Trinajstić information content (AvgIpc) is 2.96. The van der Waals surface area contributed by atoms with Crippen LogP contribution in [0.3, 0.4) is 0 Å². The minimum absolute atomic E-state index is 0.321. The zero-order valence-corrected chi connectivity index (χ0v) is 11.5. The Morgan fingerprint density at radius 1 is 1.10 bits per heavy atom. The van der Waals surface area contributed by atoms with Crippen molar-refractivity contribution in [1.29, 1.82) is 5.26 Å². The highest BCUT2D eigenvalue weighted by Crippen LogP contribution is 2.21. The van der Waals surface area contributed by atoms with Crippen LogP contribution in [0.4, 0.5) is 0 Å². The van der Waals surface area contributed by atoms with Crippen LogP contribution in [0.25, 0.3) is 23.0 Å². The molecule has 0 N–H and O–H groups in total. The lowest BCUT2D eigenvalue weighted by Crippen LogP contribution is -1.89. The van der Waals surface area contributed by atoms with E-state index in [0.717, 1.165) is 17.0 Å². The zero-order chi connectivity index (χ0) is 14.8. The summed E-state index contributed by atoms with van der Waals surface area (Å²) in [5, 5.41) is 12.7. The molecule has 0 aliphatic heterocycles. The van der Waals surface area contributed by atoms with E-state index in [1.807, 2.05) is 32.0 Å². The van der Waals surface area contributed by atoms with Crippen LogP contribution < -0.4 is 0 Å². The van der Waals surface area contributed by atoms with E-state index in [4.69, 9.17) is 9.78 Å². The fraction of sp³-hybridized carbons (Fsp3) is 0.133. The van der Waals surface area contributed by atoms with Gasteiger partial charge < -0.3 is 4.52 Å². The fourth-order valence-corrected chi connectivity index (χ4v) is 1.99. The standard InChI is InChI=1S/C15H11N5O/c1-9-5-12(6-10(2)18-9)14-19-15(21-20-14)13-4-3-11(7-16)8-17-13/h3-6,8H,1-2H3. The summed E-state index contributed by atoms with van der Waals surface area (Å²) in [6, 6.07) is 9.15. The molecule has 0 atom stereocenters. The van der Waals surface area contributed by atoms with E-state index < -0.39 is 0 Å². The van der Waals surface area contributed by atoms with Crippen molar-refractivity contribution < 1.29 is 4.52 Å². The monoisotopic (exact) mass is 277 g/mol. The van der Waals surface area contributed by atoms with E-state index in [1.54, 1.807) is 12.1 Å². The second-order valence-corrected chi connectivity index (χ2v) is 4.61. The molecule has 0 saturated heterocycles. The molecule has 0 fully saturated rings. The highest BCUT2D eigenvalue weighted by atomic mass is 16.5. The van der Waals surface area contributed by atoms with Crippen molar-refractivity contribution in [2.24, 2.45) is 0 Å². The van der Waals surface area contributed by atoms with Gasteiger partial charge in [-0.25, -0.2) is 4.98 Å². The largest absolute Gasteiger partial charge is 0.332 e. The number of rotatable bonds is 2. The molecule has 0 aromatic carbocycles. The molecule has 3 aromatic heterocycles. The second-order valence-electron chi connectivity index (χ2n) is 4.61. The molecule has 0 unspecified atom stereocenters. The summed E-state index contributed by atoms with van der Waals surface area (Å²) in [4.78, 5) is 12.8. The molecule has 0 spiro atoms. The van der Waals surface area contributed by atoms with E-state index >= 15 is 0 Å². The number of aryl methyl sites for hydroxylation is 2. The number of pyridine rings is 2. The minimum Gasteiger partial charge on any atom is -0.332 e. The lowest BCUT2D eigenvalue weighted by molar-refractivity contribution is 0.431. The normalized spacial score (nSPS) is 10.3. The predicted molar refractivity (Wildman–Crippen MR) is 74.9 cm³/mol. The van der Waals surface area contributed by atoms with Gasteiger partial charge in [0.05, 0.1) is 5.56 Å². The van der Waals surface area contributed by atoms with Crippen LogP contribution in [0.5, 0.6) is 0 Å². The third kappa shape index (κ3) is 2.62. The van der Waals surface area contributed by atoms with Gasteiger partial charge in [-0.2, -0.15) is 10.2 Å². The van der Waals surface area contributed by atoms with E-state index in [-0.39, 0.29) is 0 Å². The van der Waals surface area contributed by atoms with Gasteiger partial charge in [-0.05, 0) is 38.1 Å². The lowest BCUT2D eigenvalue weighted by Gasteiger charge is -1.98. The third-order valence-electron chi connectivity index (χ3n) is 2.88. The Morgan fingerprint density at radius 2 is 1.86 bits per heavy atom. The van der Waals surface area contributed by atoms with Crippen LogP contribution in [-0.2, 0) is 0 Å². The SMILES string of the molecule is Cc1cc(-c2noc(-c3ccc(C#N)cn3)n2)cc(C)n1. The first-order chi connectivity index (χ1) is 10.2. The summed E-state index contributed by atoms with van der Waals surface area (Å²) in [5.41, 5.74) is 3.67. The Morgan fingerprint density at radius 3 is 2.48 bits per heavy atom. The Balaban J connectivity index is 1.97. The zero-order valence-electron chi connectivity index (χ0n) is 11.5. The maximum atomic E-state index is 8.76. The average molecular weight is 277 g/mol. The molecule has 0 amide bonds. The van der Waals surface area contributed by atoms with Crippen molar-refractivity contribution in [1.82, 2.24) is 20.1 Å². The first kappa shape index (κ1) is 12.9. The van der Waals surface area contributed by atoms with Crippen LogP contribution in [0, 0.1) is 25.2 Å². The Bertz CT molecular complexity index is 810. The lowest BCUT2D eigenvalue weighted by atomic mass is 10.2. The molecule has 0 aliphatic rings. The van der Waals surface area contributed by atoms with Crippen molar-refractivity contribution in [3.63, 3.8) is 0 Å². The first-order valence-corrected chi connectivity index (χ1v) is 6.31. The van der Waals surface area contributed by atoms with Crippen LogP contribution in [-0.4, -0.2) is 20.1 Å². The molecule has 0 aliphatic carbocycles. The predicted octanol–water partition coefficient (Wildman–Crippen LogP) is 2.68. The summed E-state index contributed by atoms with van der Waals surface area (Å²) in [6.07, 6.45) is 1.47. The quantitative estimate of drug-likeness (QED) is 0.715. The number of hydrogen-bond donors (Lipinski definition) is 0. The van der Waals surface area contributed by atoms with Crippen LogP contribution in [0.1, 0.15) is 17.0 Å². The summed E-state index contributed by atoms with van der Waals surface area (Å²) >= 11 is 0. The molecule has 6 heteroatoms. The van der Waals surface area contributed by atoms with Gasteiger partial charge in [0, 0.05) is 23.1 Å². The van der Waals surface area contributed by atoms with Gasteiger partial charge in [0.25, 0.3) is 5.89 Å². The molecule has 3 aromatic rings. The van der Waals surface area contributed by atoms with Crippen molar-refractivity contribution in [2.75, 3.05) is 0 Å². The van der Waals surface area contributed by atoms with Crippen LogP contribution in [0.2, 0.25) is 0 Å². The molecular formula is C15H11N5O. The highest BCUT2D eigenvalue weighted by molar-refractivity contribution is 5.58. The fourth-order valence-electron chi connectivity index (χ4n) is 1.99. The maximum Gasteiger partial charge on any atom is 0.276 e. The topological polar surface area (TPSA) is 88.5 Å². The summed E-state index contributed by atoms with van der Waals surface area (Å²) in [6.45, 7) is 3.83. The van der Waals surface area contributed by atoms with Gasteiger partial charge in [0.15, 0.2) is 0 Å². The van der Waals surface area contributed by atoms with Crippen LogP contribution in [0.15, 0.2) is 35.0 Å². The number of aromatic nitrogens is 4. The van der Waals surface area contributed by atoms with E-state index in [1.165, 1.54) is 6.20 Å². The molecule has 0 radical (unpaired) electrons. The van der Waals surface area contributed by atoms with Gasteiger partial charge in [0.1, 0.15) is 11.8 Å². The van der Waals surface area contributed by atoms with Gasteiger partial charge in [-0.15, -0.1) is 0 Å². The molecule has 0 bridgehead atoms. The van der Waals surface area contributed by atoms with Crippen molar-refractivity contribution in [3.05, 3.63) is 47.4 Å². The van der Waals surface area contributed by atoms with Crippen molar-refractivity contribution >= 4 is 0 Å². The van der Waals surface area contributed by atoms with Gasteiger partial charge in [-0.3, -0.25) is 4.98 Å². The number of hydrogen-bond acceptors (Lipinski definition) is 6. The summed E-state index contributed by atoms with van der Waals surface area (Å²) < 4.78 is 5.23. The molecule has 0 saturated carbocycles. The third-order valence-corrected chi connectivity index (χ3v) is 2.88. The molecule has 21 heavy (non-hydrogen) atoms. The maximum absolute atomic E-state index is 8.76.